The molecule has 1 saturated heterocycles. The minimum Gasteiger partial charge on any atom is -0.494 e. The van der Waals surface area contributed by atoms with Crippen molar-refractivity contribution in [3.63, 3.8) is 0 Å². The Bertz CT molecular complexity index is 755. The van der Waals surface area contributed by atoms with Gasteiger partial charge in [-0.3, -0.25) is 4.79 Å². The van der Waals surface area contributed by atoms with Crippen molar-refractivity contribution in [3.8, 4) is 5.75 Å². The van der Waals surface area contributed by atoms with E-state index in [4.69, 9.17) is 9.47 Å². The predicted molar refractivity (Wildman–Crippen MR) is 132 cm³/mol. The molecule has 2 N–H and O–H groups in total. The zero-order valence-corrected chi connectivity index (χ0v) is 21.5. The van der Waals surface area contributed by atoms with Gasteiger partial charge in [-0.1, -0.05) is 51.2 Å². The molecule has 0 spiro atoms. The molecule has 1 aliphatic heterocycles. The van der Waals surface area contributed by atoms with Gasteiger partial charge in [0.2, 0.25) is 5.91 Å². The van der Waals surface area contributed by atoms with Crippen molar-refractivity contribution in [1.29, 1.82) is 0 Å². The summed E-state index contributed by atoms with van der Waals surface area (Å²) >= 11 is 0. The van der Waals surface area contributed by atoms with E-state index in [2.05, 4.69) is 17.6 Å². The third-order valence-electron chi connectivity index (χ3n) is 6.03. The number of unbranched alkanes of at least 4 members (excludes halogenated alkanes) is 5. The summed E-state index contributed by atoms with van der Waals surface area (Å²) < 4.78 is 11.6. The second kappa shape index (κ2) is 11.9. The summed E-state index contributed by atoms with van der Waals surface area (Å²) in [6.45, 7) is 12.7. The topological polar surface area (TPSA) is 76.7 Å². The Morgan fingerprint density at radius 2 is 1.52 bits per heavy atom. The van der Waals surface area contributed by atoms with E-state index in [9.17, 15) is 9.59 Å². The highest BCUT2D eigenvalue weighted by Gasteiger charge is 2.53. The standard InChI is InChI=1S/C27H44N2O4/c1-7-8-9-10-11-12-17-32-23-15-13-22(14-16-23)18-33-24(31)27(28-21(2)30)19-25(3,4)29-26(5,6)20-27/h13-16,29H,7-12,17-20H2,1-6H3,(H,28,30). The predicted octanol–water partition coefficient (Wildman–Crippen LogP) is 5.28. The van der Waals surface area contributed by atoms with Crippen LogP contribution in [0.25, 0.3) is 0 Å². The lowest BCUT2D eigenvalue weighted by molar-refractivity contribution is -0.159. The van der Waals surface area contributed by atoms with E-state index in [-0.39, 0.29) is 29.6 Å². The first-order chi connectivity index (χ1) is 15.5. The Hall–Kier alpha value is -2.08. The fourth-order valence-electron chi connectivity index (χ4n) is 5.24. The number of esters is 1. The molecule has 0 radical (unpaired) electrons. The van der Waals surface area contributed by atoms with Gasteiger partial charge in [0.15, 0.2) is 0 Å². The molecule has 1 aromatic carbocycles. The van der Waals surface area contributed by atoms with Crippen molar-refractivity contribution in [3.05, 3.63) is 29.8 Å². The lowest BCUT2D eigenvalue weighted by atomic mass is 9.70. The summed E-state index contributed by atoms with van der Waals surface area (Å²) in [5, 5.41) is 6.48. The zero-order chi connectivity index (χ0) is 24.5. The SMILES string of the molecule is CCCCCCCCOc1ccc(COC(=O)C2(NC(C)=O)CC(C)(C)NC(C)(C)C2)cc1. The number of carbonyl (C=O) groups excluding carboxylic acids is 2. The Kier molecular flexibility index (Phi) is 9.77. The van der Waals surface area contributed by atoms with E-state index in [1.807, 2.05) is 52.0 Å². The molecule has 6 nitrogen and oxygen atoms in total. The average Bonchev–Trinajstić information content (AvgIpc) is 2.69. The molecule has 0 unspecified atom stereocenters. The van der Waals surface area contributed by atoms with Crippen LogP contribution < -0.4 is 15.4 Å². The van der Waals surface area contributed by atoms with E-state index >= 15 is 0 Å². The molecule has 6 heteroatoms. The lowest BCUT2D eigenvalue weighted by Gasteiger charge is -2.51. The second-order valence-electron chi connectivity index (χ2n) is 10.8. The lowest BCUT2D eigenvalue weighted by Crippen LogP contribution is -2.70. The Morgan fingerprint density at radius 3 is 2.09 bits per heavy atom. The number of rotatable bonds is 12. The highest BCUT2D eigenvalue weighted by Crippen LogP contribution is 2.37. The van der Waals surface area contributed by atoms with E-state index in [0.29, 0.717) is 12.8 Å². The van der Waals surface area contributed by atoms with E-state index in [0.717, 1.165) is 24.3 Å². The largest absolute Gasteiger partial charge is 0.494 e. The van der Waals surface area contributed by atoms with E-state index in [1.54, 1.807) is 0 Å². The number of carbonyl (C=O) groups is 2. The normalized spacial score (nSPS) is 18.4. The third kappa shape index (κ3) is 9.00. The highest BCUT2D eigenvalue weighted by atomic mass is 16.5. The van der Waals surface area contributed by atoms with Crippen LogP contribution in [0.3, 0.4) is 0 Å². The maximum atomic E-state index is 13.3. The van der Waals surface area contributed by atoms with Gasteiger partial charge >= 0.3 is 5.97 Å². The summed E-state index contributed by atoms with van der Waals surface area (Å²) in [5.74, 6) is 0.214. The van der Waals surface area contributed by atoms with Crippen molar-refractivity contribution in [2.45, 2.75) is 116 Å². The first kappa shape index (κ1) is 27.2. The fourth-order valence-corrected chi connectivity index (χ4v) is 5.24. The van der Waals surface area contributed by atoms with Crippen LogP contribution in [0.5, 0.6) is 5.75 Å². The van der Waals surface area contributed by atoms with Crippen LogP contribution in [0.2, 0.25) is 0 Å². The smallest absolute Gasteiger partial charge is 0.332 e. The van der Waals surface area contributed by atoms with E-state index < -0.39 is 5.54 Å². The van der Waals surface area contributed by atoms with Crippen LogP contribution in [-0.4, -0.2) is 35.1 Å². The molecule has 1 fully saturated rings. The molecule has 1 heterocycles. The minimum absolute atomic E-state index is 0.159. The Balaban J connectivity index is 1.90. The number of piperidine rings is 1. The van der Waals surface area contributed by atoms with E-state index in [1.165, 1.54) is 39.0 Å². The molecule has 1 aromatic rings. The average molecular weight is 461 g/mol. The van der Waals surface area contributed by atoms with Gasteiger partial charge in [-0.05, 0) is 64.7 Å². The van der Waals surface area contributed by atoms with Gasteiger partial charge in [0.25, 0.3) is 0 Å². The molecule has 0 bridgehead atoms. The molecule has 0 aliphatic carbocycles. The Morgan fingerprint density at radius 1 is 0.939 bits per heavy atom. The molecule has 33 heavy (non-hydrogen) atoms. The summed E-state index contributed by atoms with van der Waals surface area (Å²) in [5.41, 5.74) is -0.804. The van der Waals surface area contributed by atoms with Gasteiger partial charge in [0, 0.05) is 18.0 Å². The number of hydrogen-bond acceptors (Lipinski definition) is 5. The fraction of sp³-hybridized carbons (Fsp3) is 0.704. The van der Waals surface area contributed by atoms with Crippen LogP contribution in [0.15, 0.2) is 24.3 Å². The van der Waals surface area contributed by atoms with Crippen LogP contribution in [-0.2, 0) is 20.9 Å². The monoisotopic (exact) mass is 460 g/mol. The maximum absolute atomic E-state index is 13.3. The Labute approximate surface area is 200 Å². The van der Waals surface area contributed by atoms with Crippen molar-refractivity contribution < 1.29 is 19.1 Å². The molecular formula is C27H44N2O4. The van der Waals surface area contributed by atoms with Crippen molar-refractivity contribution in [2.75, 3.05) is 6.61 Å². The minimum atomic E-state index is -1.05. The first-order valence-electron chi connectivity index (χ1n) is 12.4. The van der Waals surface area contributed by atoms with Crippen molar-refractivity contribution >= 4 is 11.9 Å². The van der Waals surface area contributed by atoms with Gasteiger partial charge in [-0.15, -0.1) is 0 Å². The summed E-state index contributed by atoms with van der Waals surface area (Å²) in [4.78, 5) is 25.2. The molecule has 0 atom stereocenters. The molecule has 1 aliphatic rings. The molecule has 1 amide bonds. The number of amides is 1. The summed E-state index contributed by atoms with van der Waals surface area (Å²) in [6.07, 6.45) is 8.35. The number of hydrogen-bond donors (Lipinski definition) is 2. The van der Waals surface area contributed by atoms with Crippen molar-refractivity contribution in [1.82, 2.24) is 10.6 Å². The number of ether oxygens (including phenoxy) is 2. The summed E-state index contributed by atoms with van der Waals surface area (Å²) in [6, 6.07) is 7.68. The second-order valence-corrected chi connectivity index (χ2v) is 10.8. The van der Waals surface area contributed by atoms with Gasteiger partial charge in [0.1, 0.15) is 17.9 Å². The van der Waals surface area contributed by atoms with Gasteiger partial charge in [-0.2, -0.15) is 0 Å². The highest BCUT2D eigenvalue weighted by molar-refractivity contribution is 5.87. The van der Waals surface area contributed by atoms with Gasteiger partial charge in [0.05, 0.1) is 6.61 Å². The maximum Gasteiger partial charge on any atom is 0.332 e. The number of nitrogens with one attached hydrogen (secondary N) is 2. The molecule has 2 rings (SSSR count). The third-order valence-corrected chi connectivity index (χ3v) is 6.03. The molecule has 186 valence electrons. The summed E-state index contributed by atoms with van der Waals surface area (Å²) in [7, 11) is 0. The number of benzene rings is 1. The van der Waals surface area contributed by atoms with Crippen LogP contribution in [0, 0.1) is 0 Å². The molecule has 0 saturated carbocycles. The van der Waals surface area contributed by atoms with Crippen LogP contribution >= 0.6 is 0 Å². The van der Waals surface area contributed by atoms with Crippen LogP contribution in [0.4, 0.5) is 0 Å². The van der Waals surface area contributed by atoms with Crippen molar-refractivity contribution in [2.24, 2.45) is 0 Å². The van der Waals surface area contributed by atoms with Gasteiger partial charge in [-0.25, -0.2) is 4.79 Å². The zero-order valence-electron chi connectivity index (χ0n) is 21.5. The molecule has 0 aromatic heterocycles. The quantitative estimate of drug-likeness (QED) is 0.328. The van der Waals surface area contributed by atoms with Crippen LogP contribution in [0.1, 0.15) is 98.5 Å². The van der Waals surface area contributed by atoms with Gasteiger partial charge < -0.3 is 20.1 Å². The molecular weight excluding hydrogens is 416 g/mol. The first-order valence-corrected chi connectivity index (χ1v) is 12.4.